The first-order chi connectivity index (χ1) is 16.5. The van der Waals surface area contributed by atoms with Crippen LogP contribution in [0.5, 0.6) is 5.88 Å². The number of anilines is 2. The number of nitrogen functional groups attached to an aromatic ring is 1. The van der Waals surface area contributed by atoms with Crippen molar-refractivity contribution in [3.05, 3.63) is 65.2 Å². The van der Waals surface area contributed by atoms with E-state index in [1.807, 2.05) is 36.4 Å². The maximum Gasteiger partial charge on any atom is 0.258 e. The minimum atomic E-state index is -0.543. The van der Waals surface area contributed by atoms with E-state index in [1.54, 1.807) is 6.92 Å². The molecule has 1 aliphatic heterocycles. The van der Waals surface area contributed by atoms with Gasteiger partial charge in [-0.2, -0.15) is 14.9 Å². The lowest BCUT2D eigenvalue weighted by molar-refractivity contribution is 0.0931. The number of rotatable bonds is 1. The van der Waals surface area contributed by atoms with Gasteiger partial charge in [0.2, 0.25) is 5.88 Å². The monoisotopic (exact) mass is 458 g/mol. The zero-order valence-electron chi connectivity index (χ0n) is 18.0. The lowest BCUT2D eigenvalue weighted by Gasteiger charge is -2.18. The summed E-state index contributed by atoms with van der Waals surface area (Å²) in [7, 11) is 0. The van der Waals surface area contributed by atoms with Crippen LogP contribution in [-0.2, 0) is 6.54 Å². The SMILES string of the molecule is C[C@H]1CNC(=O)c2c(C#N)nn3c(N)c(-c4ccccc4)c(nc23)NCc2cc(F)cnc2O1. The Labute approximate surface area is 193 Å². The molecule has 34 heavy (non-hydrogen) atoms. The first-order valence-corrected chi connectivity index (χ1v) is 10.5. The van der Waals surface area contributed by atoms with E-state index in [0.717, 1.165) is 11.8 Å². The average molecular weight is 458 g/mol. The second-order valence-corrected chi connectivity index (χ2v) is 7.77. The molecule has 1 aromatic carbocycles. The largest absolute Gasteiger partial charge is 0.473 e. The van der Waals surface area contributed by atoms with Gasteiger partial charge in [-0.15, -0.1) is 0 Å². The Morgan fingerprint density at radius 1 is 1.26 bits per heavy atom. The van der Waals surface area contributed by atoms with Crippen LogP contribution < -0.4 is 21.1 Å². The predicted octanol–water partition coefficient (Wildman–Crippen LogP) is 2.51. The van der Waals surface area contributed by atoms with Crippen molar-refractivity contribution in [2.45, 2.75) is 19.6 Å². The smallest absolute Gasteiger partial charge is 0.258 e. The fraction of sp³-hybridized carbons (Fsp3) is 0.174. The molecule has 2 bridgehead atoms. The highest BCUT2D eigenvalue weighted by Crippen LogP contribution is 2.35. The van der Waals surface area contributed by atoms with E-state index < -0.39 is 17.8 Å². The molecule has 4 N–H and O–H groups in total. The van der Waals surface area contributed by atoms with Crippen LogP contribution >= 0.6 is 0 Å². The number of carbonyl (C=O) groups is 1. The zero-order valence-corrected chi connectivity index (χ0v) is 18.0. The number of hydrogen-bond donors (Lipinski definition) is 3. The minimum Gasteiger partial charge on any atom is -0.473 e. The molecule has 0 fully saturated rings. The molecule has 4 aromatic rings. The van der Waals surface area contributed by atoms with Crippen molar-refractivity contribution in [3.63, 3.8) is 0 Å². The highest BCUT2D eigenvalue weighted by molar-refractivity contribution is 6.03. The van der Waals surface area contributed by atoms with E-state index in [0.29, 0.717) is 16.9 Å². The fourth-order valence-electron chi connectivity index (χ4n) is 3.81. The third-order valence-corrected chi connectivity index (χ3v) is 5.40. The number of hydrogen-bond acceptors (Lipinski definition) is 8. The molecule has 5 rings (SSSR count). The number of pyridine rings is 1. The summed E-state index contributed by atoms with van der Waals surface area (Å²) in [5.41, 5.74) is 8.24. The summed E-state index contributed by atoms with van der Waals surface area (Å²) in [4.78, 5) is 21.7. The molecule has 0 unspecified atom stereocenters. The van der Waals surface area contributed by atoms with Gasteiger partial charge in [-0.25, -0.2) is 14.4 Å². The molecule has 11 heteroatoms. The molecular formula is C23H19FN8O2. The number of halogens is 1. The van der Waals surface area contributed by atoms with Crippen LogP contribution in [0.2, 0.25) is 0 Å². The van der Waals surface area contributed by atoms with E-state index in [-0.39, 0.29) is 41.7 Å². The molecule has 1 amide bonds. The third-order valence-electron chi connectivity index (χ3n) is 5.40. The molecule has 0 spiro atoms. The number of fused-ring (bicyclic) bond motifs is 2. The minimum absolute atomic E-state index is 0.00462. The van der Waals surface area contributed by atoms with Crippen LogP contribution in [0.1, 0.15) is 28.5 Å². The van der Waals surface area contributed by atoms with Crippen molar-refractivity contribution in [1.82, 2.24) is 24.9 Å². The molecule has 10 nitrogen and oxygen atoms in total. The fourth-order valence-corrected chi connectivity index (χ4v) is 3.81. The van der Waals surface area contributed by atoms with Gasteiger partial charge in [0, 0.05) is 12.1 Å². The van der Waals surface area contributed by atoms with E-state index in [2.05, 4.69) is 25.7 Å². The van der Waals surface area contributed by atoms with Gasteiger partial charge in [-0.3, -0.25) is 4.79 Å². The number of benzene rings is 1. The van der Waals surface area contributed by atoms with Crippen molar-refractivity contribution < 1.29 is 13.9 Å². The van der Waals surface area contributed by atoms with Crippen molar-refractivity contribution in [3.8, 4) is 23.1 Å². The molecule has 0 aliphatic carbocycles. The molecule has 0 saturated carbocycles. The van der Waals surface area contributed by atoms with E-state index in [9.17, 15) is 14.4 Å². The van der Waals surface area contributed by atoms with Gasteiger partial charge in [-0.1, -0.05) is 30.3 Å². The first kappa shape index (κ1) is 21.1. The zero-order chi connectivity index (χ0) is 23.8. The van der Waals surface area contributed by atoms with E-state index in [4.69, 9.17) is 10.5 Å². The van der Waals surface area contributed by atoms with Crippen LogP contribution in [0.15, 0.2) is 42.6 Å². The summed E-state index contributed by atoms with van der Waals surface area (Å²) >= 11 is 0. The summed E-state index contributed by atoms with van der Waals surface area (Å²) in [5, 5.41) is 19.8. The van der Waals surface area contributed by atoms with Crippen LogP contribution in [0.3, 0.4) is 0 Å². The molecule has 1 aliphatic rings. The Morgan fingerprint density at radius 3 is 2.82 bits per heavy atom. The number of nitrogens with two attached hydrogens (primary N) is 1. The van der Waals surface area contributed by atoms with Gasteiger partial charge >= 0.3 is 0 Å². The lowest BCUT2D eigenvalue weighted by atomic mass is 10.1. The molecule has 4 heterocycles. The summed E-state index contributed by atoms with van der Waals surface area (Å²) in [6.45, 7) is 1.97. The predicted molar refractivity (Wildman–Crippen MR) is 121 cm³/mol. The van der Waals surface area contributed by atoms with Crippen molar-refractivity contribution in [2.24, 2.45) is 0 Å². The van der Waals surface area contributed by atoms with Gasteiger partial charge in [0.15, 0.2) is 11.3 Å². The van der Waals surface area contributed by atoms with E-state index in [1.165, 1.54) is 10.6 Å². The van der Waals surface area contributed by atoms with E-state index >= 15 is 0 Å². The quantitative estimate of drug-likeness (QED) is 0.395. The number of aromatic nitrogens is 4. The third kappa shape index (κ3) is 3.61. The normalized spacial score (nSPS) is 15.7. The number of ether oxygens (including phenoxy) is 1. The van der Waals surface area contributed by atoms with Gasteiger partial charge in [0.25, 0.3) is 5.91 Å². The van der Waals surface area contributed by atoms with Crippen molar-refractivity contribution in [2.75, 3.05) is 17.6 Å². The van der Waals surface area contributed by atoms with Gasteiger partial charge in [0.05, 0.1) is 18.3 Å². The maximum absolute atomic E-state index is 14.0. The number of nitrogens with one attached hydrogen (secondary N) is 2. The van der Waals surface area contributed by atoms with Crippen LogP contribution in [0.4, 0.5) is 16.0 Å². The second-order valence-electron chi connectivity index (χ2n) is 7.77. The van der Waals surface area contributed by atoms with Crippen LogP contribution in [0, 0.1) is 17.1 Å². The Bertz CT molecular complexity index is 1460. The van der Waals surface area contributed by atoms with Crippen LogP contribution in [0.25, 0.3) is 16.8 Å². The standard InChI is InChI=1S/C23H19FN8O2/c1-12-9-28-22(33)18-16(8-25)31-32-19(26)17(13-5-3-2-4-6-13)20(30-21(18)32)27-10-14-7-15(24)11-29-23(14)34-12/h2-7,11-12H,9-10,26H2,1H3,(H,27,30)(H,28,33)/t12-/m0/s1. The summed E-state index contributed by atoms with van der Waals surface area (Å²) in [6.07, 6.45) is 0.580. The molecule has 1 atom stereocenters. The summed E-state index contributed by atoms with van der Waals surface area (Å²) in [5.74, 6) is -0.314. The summed E-state index contributed by atoms with van der Waals surface area (Å²) < 4.78 is 21.1. The second kappa shape index (κ2) is 8.32. The topological polar surface area (TPSA) is 143 Å². The molecule has 3 aromatic heterocycles. The Kier molecular flexibility index (Phi) is 5.18. The highest BCUT2D eigenvalue weighted by Gasteiger charge is 2.27. The number of nitriles is 1. The highest BCUT2D eigenvalue weighted by atomic mass is 19.1. The first-order valence-electron chi connectivity index (χ1n) is 10.5. The maximum atomic E-state index is 14.0. The summed E-state index contributed by atoms with van der Waals surface area (Å²) in [6, 6.07) is 12.5. The number of nitrogens with zero attached hydrogens (tertiary/aromatic N) is 5. The molecule has 0 saturated heterocycles. The average Bonchev–Trinajstić information content (AvgIpc) is 3.22. The number of amides is 1. The molecule has 170 valence electrons. The number of carbonyl (C=O) groups excluding carboxylic acids is 1. The van der Waals surface area contributed by atoms with Gasteiger partial charge in [0.1, 0.15) is 35.2 Å². The van der Waals surface area contributed by atoms with Crippen molar-refractivity contribution in [1.29, 1.82) is 5.26 Å². The Balaban J connectivity index is 1.76. The van der Waals surface area contributed by atoms with Gasteiger partial charge < -0.3 is 21.1 Å². The Morgan fingerprint density at radius 2 is 2.06 bits per heavy atom. The lowest BCUT2D eigenvalue weighted by Crippen LogP contribution is -2.34. The van der Waals surface area contributed by atoms with Crippen molar-refractivity contribution >= 4 is 23.2 Å². The Hall–Kier alpha value is -4.72. The van der Waals surface area contributed by atoms with Crippen LogP contribution in [-0.4, -0.2) is 38.1 Å². The molecular weight excluding hydrogens is 439 g/mol. The molecule has 0 radical (unpaired) electrons. The van der Waals surface area contributed by atoms with Gasteiger partial charge in [-0.05, 0) is 18.6 Å².